The molecule has 0 aliphatic heterocycles. The van der Waals surface area contributed by atoms with Gasteiger partial charge in [0.25, 0.3) is 0 Å². The van der Waals surface area contributed by atoms with Gasteiger partial charge >= 0.3 is 221 Å². The summed E-state index contributed by atoms with van der Waals surface area (Å²) in [5, 5.41) is 0. The van der Waals surface area contributed by atoms with Gasteiger partial charge in [0.05, 0.1) is 0 Å². The van der Waals surface area contributed by atoms with E-state index in [1.54, 1.807) is 22.3 Å². The normalized spacial score (nSPS) is 18.0. The number of rotatable bonds is 4. The summed E-state index contributed by atoms with van der Waals surface area (Å²) in [6.45, 7) is 4.82. The maximum atomic E-state index is 2.77. The molecule has 0 aromatic heterocycles. The topological polar surface area (TPSA) is 0 Å². The molecule has 2 aliphatic rings. The minimum absolute atomic E-state index is 0. The molecule has 2 unspecified atom stereocenters. The molecule has 4 heteroatoms. The fourth-order valence-electron chi connectivity index (χ4n) is 7.75. The zero-order chi connectivity index (χ0) is 25.1. The van der Waals surface area contributed by atoms with Crippen molar-refractivity contribution in [2.75, 3.05) is 0 Å². The van der Waals surface area contributed by atoms with Crippen LogP contribution in [0.4, 0.5) is 0 Å². The standard InChI is InChI=1S/2C16H13.2CH3.2ClH.H3Si.Zr/c2*1-12-10-14-8-5-9-15(16(14)11-12)13-6-3-2-4-7-13;;;;;;/h2*2-11H,1H3;2*1H3;2*1H;1H3;/q;;;;;;;+2/p-2. The van der Waals surface area contributed by atoms with Crippen LogP contribution in [0.2, 0.25) is 9.26 Å². The third-order valence-corrected chi connectivity index (χ3v) is 29.5. The van der Waals surface area contributed by atoms with Crippen molar-refractivity contribution in [3.63, 3.8) is 0 Å². The van der Waals surface area contributed by atoms with Crippen molar-refractivity contribution in [1.82, 2.24) is 0 Å². The fourth-order valence-corrected chi connectivity index (χ4v) is 32.8. The van der Waals surface area contributed by atoms with Crippen LogP contribution in [0.15, 0.2) is 108 Å². The Labute approximate surface area is 243 Å². The minimum Gasteiger partial charge on any atom is -1.00 e. The summed E-state index contributed by atoms with van der Waals surface area (Å²) < 4.78 is 6.73. The predicted molar refractivity (Wildman–Crippen MR) is 158 cm³/mol. The first kappa shape index (κ1) is 29.0. The van der Waals surface area contributed by atoms with Gasteiger partial charge in [-0.15, -0.1) is 0 Å². The Morgan fingerprint density at radius 1 is 0.526 bits per heavy atom. The van der Waals surface area contributed by atoms with Crippen molar-refractivity contribution in [3.8, 4) is 22.3 Å². The summed E-state index contributed by atoms with van der Waals surface area (Å²) in [7, 11) is 1.27. The molecule has 0 fully saturated rings. The Morgan fingerprint density at radius 2 is 0.895 bits per heavy atom. The molecule has 2 aliphatic carbocycles. The first-order valence-corrected chi connectivity index (χ1v) is 29.3. The van der Waals surface area contributed by atoms with Crippen LogP contribution >= 0.6 is 0 Å². The van der Waals surface area contributed by atoms with Crippen molar-refractivity contribution < 1.29 is 42.8 Å². The first-order valence-electron chi connectivity index (χ1n) is 13.2. The molecule has 4 aromatic rings. The molecule has 4 aromatic carbocycles. The van der Waals surface area contributed by atoms with Gasteiger partial charge in [-0.2, -0.15) is 0 Å². The largest absolute Gasteiger partial charge is 1.00 e. The van der Waals surface area contributed by atoms with E-state index in [1.165, 1.54) is 40.7 Å². The summed E-state index contributed by atoms with van der Waals surface area (Å²) in [6.07, 6.45) is 5.05. The molecule has 0 saturated carbocycles. The molecule has 0 spiro atoms. The van der Waals surface area contributed by atoms with Crippen molar-refractivity contribution in [3.05, 3.63) is 130 Å². The predicted octanol–water partition coefficient (Wildman–Crippen LogP) is 2.71. The molecule has 0 bridgehead atoms. The SMILES string of the molecule is CC1=Cc2c(-c3ccccc3)cccc2[CH]1[Zr+2]([CH3])([CH3])([SiH3])[CH]1C(C)=Cc2c(-c3ccccc3)cccc21.[Cl-].[Cl-]. The second kappa shape index (κ2) is 10.5. The Hall–Kier alpha value is -1.96. The van der Waals surface area contributed by atoms with E-state index >= 15 is 0 Å². The van der Waals surface area contributed by atoms with E-state index in [0.717, 1.165) is 0 Å². The molecule has 0 nitrogen and oxygen atoms in total. The van der Waals surface area contributed by atoms with E-state index in [0.29, 0.717) is 7.25 Å². The second-order valence-corrected chi connectivity index (χ2v) is 50.6. The van der Waals surface area contributed by atoms with Crippen molar-refractivity contribution in [2.24, 2.45) is 0 Å². The summed E-state index contributed by atoms with van der Waals surface area (Å²) in [4.78, 5) is 0. The smallest absolute Gasteiger partial charge is 1.00 e. The first-order chi connectivity index (χ1) is 17.2. The number of allylic oxidation sites excluding steroid dienone is 2. The summed E-state index contributed by atoms with van der Waals surface area (Å²) in [5.74, 6) is 0. The van der Waals surface area contributed by atoms with Gasteiger partial charge in [-0.05, 0) is 0 Å². The number of hydrogen-bond acceptors (Lipinski definition) is 0. The van der Waals surface area contributed by atoms with E-state index in [4.69, 9.17) is 0 Å². The molecule has 193 valence electrons. The summed E-state index contributed by atoms with van der Waals surface area (Å²) in [6, 6.07) is 35.9. The van der Waals surface area contributed by atoms with Gasteiger partial charge in [-0.1, -0.05) is 0 Å². The van der Waals surface area contributed by atoms with Gasteiger partial charge in [0.1, 0.15) is 0 Å². The molecule has 0 amide bonds. The second-order valence-electron chi connectivity index (χ2n) is 12.4. The van der Waals surface area contributed by atoms with E-state index in [1.807, 2.05) is 0 Å². The van der Waals surface area contributed by atoms with Gasteiger partial charge in [0, 0.05) is 0 Å². The third kappa shape index (κ3) is 4.58. The number of hydrogen-bond donors (Lipinski definition) is 0. The molecular weight excluding hydrogens is 599 g/mol. The minimum atomic E-state index is -3.37. The Kier molecular flexibility index (Phi) is 8.06. The van der Waals surface area contributed by atoms with E-state index < -0.39 is 17.9 Å². The van der Waals surface area contributed by atoms with E-state index in [-0.39, 0.29) is 24.8 Å². The third-order valence-electron chi connectivity index (χ3n) is 8.79. The molecule has 0 saturated heterocycles. The van der Waals surface area contributed by atoms with Crippen LogP contribution in [0.5, 0.6) is 0 Å². The van der Waals surface area contributed by atoms with Gasteiger partial charge in [0.2, 0.25) is 0 Å². The molecular formula is C34H35Cl2SiZr. The van der Waals surface area contributed by atoms with Gasteiger partial charge < -0.3 is 24.8 Å². The summed E-state index contributed by atoms with van der Waals surface area (Å²) in [5.41, 5.74) is 14.7. The van der Waals surface area contributed by atoms with Crippen molar-refractivity contribution in [1.29, 1.82) is 0 Å². The maximum Gasteiger partial charge on any atom is -1.00 e. The van der Waals surface area contributed by atoms with Crippen LogP contribution in [-0.4, -0.2) is 7.37 Å². The zero-order valence-electron chi connectivity index (χ0n) is 22.8. The number of fused-ring (bicyclic) bond motifs is 2. The van der Waals surface area contributed by atoms with E-state index in [9.17, 15) is 0 Å². The maximum absolute atomic E-state index is 3.37. The van der Waals surface area contributed by atoms with Crippen LogP contribution in [-0.2, 0) is 17.9 Å². The number of halogens is 2. The van der Waals surface area contributed by atoms with Gasteiger partial charge in [0.15, 0.2) is 0 Å². The quantitative estimate of drug-likeness (QED) is 0.304. The molecule has 38 heavy (non-hydrogen) atoms. The average Bonchev–Trinajstić information content (AvgIpc) is 3.41. The van der Waals surface area contributed by atoms with Gasteiger partial charge in [-0.3, -0.25) is 0 Å². The molecule has 0 N–H and O–H groups in total. The van der Waals surface area contributed by atoms with Crippen LogP contribution in [0.3, 0.4) is 0 Å². The number of benzene rings is 4. The average molecular weight is 634 g/mol. The van der Waals surface area contributed by atoms with Crippen molar-refractivity contribution >= 4 is 19.5 Å². The summed E-state index contributed by atoms with van der Waals surface area (Å²) >= 11 is -3.37. The Morgan fingerprint density at radius 3 is 1.26 bits per heavy atom. The zero-order valence-corrected chi connectivity index (χ0v) is 28.8. The van der Waals surface area contributed by atoms with Crippen LogP contribution < -0.4 is 24.8 Å². The molecule has 6 rings (SSSR count). The molecule has 2 atom stereocenters. The van der Waals surface area contributed by atoms with Crippen molar-refractivity contribution in [2.45, 2.75) is 30.4 Å². The Balaban J connectivity index is 0.00000168. The van der Waals surface area contributed by atoms with E-state index in [2.05, 4.69) is 132 Å². The van der Waals surface area contributed by atoms with Gasteiger partial charge in [-0.25, -0.2) is 0 Å². The fraction of sp³-hybridized carbons (Fsp3) is 0.176. The molecule has 0 radical (unpaired) electrons. The van der Waals surface area contributed by atoms with Crippen LogP contribution in [0.25, 0.3) is 34.4 Å². The molecule has 0 heterocycles. The monoisotopic (exact) mass is 631 g/mol. The van der Waals surface area contributed by atoms with Crippen LogP contribution in [0.1, 0.15) is 43.4 Å². The van der Waals surface area contributed by atoms with Crippen LogP contribution in [0, 0.1) is 0 Å². The Bertz CT molecular complexity index is 1430.